The van der Waals surface area contributed by atoms with Crippen molar-refractivity contribution in [3.63, 3.8) is 0 Å². The van der Waals surface area contributed by atoms with Gasteiger partial charge in [0.1, 0.15) is 5.75 Å². The summed E-state index contributed by atoms with van der Waals surface area (Å²) in [5.41, 5.74) is 5.02. The molecule has 0 saturated heterocycles. The topological polar surface area (TPSA) is 38.3 Å². The van der Waals surface area contributed by atoms with Crippen molar-refractivity contribution in [1.82, 2.24) is 5.32 Å². The number of hydrogen-bond donors (Lipinski definition) is 1. The van der Waals surface area contributed by atoms with Crippen molar-refractivity contribution >= 4 is 12.0 Å². The molecule has 136 valence electrons. The summed E-state index contributed by atoms with van der Waals surface area (Å²) in [4.78, 5) is 12.4. The van der Waals surface area contributed by atoms with E-state index in [-0.39, 0.29) is 11.9 Å². The lowest BCUT2D eigenvalue weighted by Gasteiger charge is -2.21. The maximum absolute atomic E-state index is 12.4. The van der Waals surface area contributed by atoms with E-state index in [9.17, 15) is 4.79 Å². The van der Waals surface area contributed by atoms with Gasteiger partial charge >= 0.3 is 0 Å². The number of ether oxygens (including phenoxy) is 1. The van der Waals surface area contributed by atoms with Crippen LogP contribution in [0.5, 0.6) is 5.75 Å². The van der Waals surface area contributed by atoms with E-state index in [0.717, 1.165) is 24.2 Å². The number of rotatable bonds is 6. The third-order valence-electron chi connectivity index (χ3n) is 5.05. The zero-order valence-electron chi connectivity index (χ0n) is 15.6. The van der Waals surface area contributed by atoms with Gasteiger partial charge in [0.05, 0.1) is 13.2 Å². The Kier molecular flexibility index (Phi) is 6.11. The average Bonchev–Trinajstić information content (AvgIpc) is 2.70. The van der Waals surface area contributed by atoms with Crippen LogP contribution in [0.15, 0.2) is 48.5 Å². The lowest BCUT2D eigenvalue weighted by Crippen LogP contribution is -2.26. The summed E-state index contributed by atoms with van der Waals surface area (Å²) in [5.74, 6) is 0.679. The van der Waals surface area contributed by atoms with Gasteiger partial charge < -0.3 is 10.1 Å². The van der Waals surface area contributed by atoms with Crippen LogP contribution in [-0.2, 0) is 17.6 Å². The molecule has 0 aromatic heterocycles. The Hall–Kier alpha value is -2.55. The first-order chi connectivity index (χ1) is 12.7. The zero-order valence-corrected chi connectivity index (χ0v) is 15.6. The molecule has 26 heavy (non-hydrogen) atoms. The van der Waals surface area contributed by atoms with Crippen molar-refractivity contribution in [2.45, 2.75) is 45.1 Å². The van der Waals surface area contributed by atoms with E-state index < -0.39 is 0 Å². The number of aryl methyl sites for hydroxylation is 2. The van der Waals surface area contributed by atoms with Gasteiger partial charge in [-0.3, -0.25) is 4.79 Å². The van der Waals surface area contributed by atoms with E-state index in [0.29, 0.717) is 0 Å². The van der Waals surface area contributed by atoms with Crippen molar-refractivity contribution in [2.75, 3.05) is 7.11 Å². The monoisotopic (exact) mass is 349 g/mol. The van der Waals surface area contributed by atoms with Gasteiger partial charge in [-0.2, -0.15) is 0 Å². The van der Waals surface area contributed by atoms with E-state index in [4.69, 9.17) is 4.74 Å². The molecule has 3 rings (SSSR count). The highest BCUT2D eigenvalue weighted by Gasteiger charge is 2.15. The molecule has 1 amide bonds. The summed E-state index contributed by atoms with van der Waals surface area (Å²) < 4.78 is 5.32. The van der Waals surface area contributed by atoms with Gasteiger partial charge in [0.15, 0.2) is 0 Å². The molecule has 2 aromatic carbocycles. The summed E-state index contributed by atoms with van der Waals surface area (Å²) in [5, 5.41) is 3.13. The first-order valence-electron chi connectivity index (χ1n) is 9.44. The van der Waals surface area contributed by atoms with Crippen LogP contribution in [0.2, 0.25) is 0 Å². The van der Waals surface area contributed by atoms with Crippen molar-refractivity contribution < 1.29 is 9.53 Å². The quantitative estimate of drug-likeness (QED) is 0.757. The fourth-order valence-electron chi connectivity index (χ4n) is 3.58. The normalized spacial score (nSPS) is 14.7. The maximum atomic E-state index is 12.4. The number of fused-ring (bicyclic) bond motifs is 1. The molecular formula is C23H27NO2. The van der Waals surface area contributed by atoms with Crippen LogP contribution in [-0.4, -0.2) is 13.0 Å². The van der Waals surface area contributed by atoms with Crippen molar-refractivity contribution in [2.24, 2.45) is 0 Å². The Morgan fingerprint density at radius 2 is 1.92 bits per heavy atom. The highest BCUT2D eigenvalue weighted by atomic mass is 16.5. The number of methoxy groups -OCH3 is 1. The summed E-state index contributed by atoms with van der Waals surface area (Å²) in [6.45, 7) is 2.11. The summed E-state index contributed by atoms with van der Waals surface area (Å²) in [7, 11) is 1.63. The van der Waals surface area contributed by atoms with Crippen LogP contribution in [0.3, 0.4) is 0 Å². The van der Waals surface area contributed by atoms with Gasteiger partial charge in [-0.05, 0) is 60.9 Å². The van der Waals surface area contributed by atoms with E-state index in [2.05, 4.69) is 30.4 Å². The van der Waals surface area contributed by atoms with Crippen LogP contribution in [0.25, 0.3) is 6.08 Å². The minimum Gasteiger partial charge on any atom is -0.496 e. The van der Waals surface area contributed by atoms with E-state index in [1.165, 1.54) is 36.0 Å². The lowest BCUT2D eigenvalue weighted by atomic mass is 9.89. The second-order valence-corrected chi connectivity index (χ2v) is 6.78. The molecule has 0 radical (unpaired) electrons. The Balaban J connectivity index is 1.69. The summed E-state index contributed by atoms with van der Waals surface area (Å²) in [6, 6.07) is 14.4. The smallest absolute Gasteiger partial charge is 0.244 e. The van der Waals surface area contributed by atoms with E-state index in [1.807, 2.05) is 24.3 Å². The predicted octanol–water partition coefficient (Wildman–Crippen LogP) is 4.85. The molecule has 0 aliphatic heterocycles. The molecule has 0 spiro atoms. The molecule has 1 N–H and O–H groups in total. The second kappa shape index (κ2) is 8.70. The minimum absolute atomic E-state index is 0.0389. The van der Waals surface area contributed by atoms with Gasteiger partial charge in [-0.25, -0.2) is 0 Å². The molecule has 3 heteroatoms. The van der Waals surface area contributed by atoms with Crippen LogP contribution in [0.4, 0.5) is 0 Å². The third-order valence-corrected chi connectivity index (χ3v) is 5.05. The second-order valence-electron chi connectivity index (χ2n) is 6.78. The first kappa shape index (κ1) is 18.2. The predicted molar refractivity (Wildman–Crippen MR) is 106 cm³/mol. The summed E-state index contributed by atoms with van der Waals surface area (Å²) in [6.07, 6.45) is 9.14. The average molecular weight is 349 g/mol. The van der Waals surface area contributed by atoms with Gasteiger partial charge in [-0.1, -0.05) is 43.3 Å². The molecule has 0 bridgehead atoms. The number of nitrogens with one attached hydrogen (secondary N) is 1. The Labute approximate surface area is 156 Å². The molecule has 1 aliphatic rings. The van der Waals surface area contributed by atoms with Crippen molar-refractivity contribution in [1.29, 1.82) is 0 Å². The number of carbonyl (C=O) groups is 1. The van der Waals surface area contributed by atoms with Crippen LogP contribution in [0.1, 0.15) is 54.5 Å². The SMILES string of the molecule is CC[C@@H](NC(=O)/C=C/c1ccccc1OC)c1ccc2c(c1)CCCC2. The molecular weight excluding hydrogens is 322 g/mol. The molecule has 0 saturated carbocycles. The molecule has 1 aliphatic carbocycles. The molecule has 0 heterocycles. The zero-order chi connectivity index (χ0) is 18.4. The number of amides is 1. The van der Waals surface area contributed by atoms with Gasteiger partial charge in [0.2, 0.25) is 5.91 Å². The van der Waals surface area contributed by atoms with Gasteiger partial charge in [-0.15, -0.1) is 0 Å². The van der Waals surface area contributed by atoms with Crippen LogP contribution < -0.4 is 10.1 Å². The highest BCUT2D eigenvalue weighted by Crippen LogP contribution is 2.26. The molecule has 0 fully saturated rings. The van der Waals surface area contributed by atoms with Crippen molar-refractivity contribution in [3.05, 3.63) is 70.8 Å². The Morgan fingerprint density at radius 3 is 2.69 bits per heavy atom. The Bertz CT molecular complexity index is 795. The summed E-state index contributed by atoms with van der Waals surface area (Å²) >= 11 is 0. The number of carbonyl (C=O) groups excluding carboxylic acids is 1. The molecule has 3 nitrogen and oxygen atoms in total. The number of benzene rings is 2. The standard InChI is InChI=1S/C23H27NO2/c1-3-21(20-13-12-17-8-4-5-10-19(17)16-20)24-23(25)15-14-18-9-6-7-11-22(18)26-2/h6-7,9,11-16,21H,3-5,8,10H2,1-2H3,(H,24,25)/b15-14+/t21-/m1/s1. The van der Waals surface area contributed by atoms with Gasteiger partial charge in [0, 0.05) is 11.6 Å². The number of para-hydroxylation sites is 1. The number of hydrogen-bond acceptors (Lipinski definition) is 2. The molecule has 0 unspecified atom stereocenters. The third kappa shape index (κ3) is 4.34. The van der Waals surface area contributed by atoms with E-state index >= 15 is 0 Å². The maximum Gasteiger partial charge on any atom is 0.244 e. The minimum atomic E-state index is -0.0829. The molecule has 1 atom stereocenters. The fraction of sp³-hybridized carbons (Fsp3) is 0.348. The van der Waals surface area contributed by atoms with Gasteiger partial charge in [0.25, 0.3) is 0 Å². The van der Waals surface area contributed by atoms with Crippen LogP contribution >= 0.6 is 0 Å². The Morgan fingerprint density at radius 1 is 1.15 bits per heavy atom. The fourth-order valence-corrected chi connectivity index (χ4v) is 3.58. The van der Waals surface area contributed by atoms with E-state index in [1.54, 1.807) is 19.3 Å². The first-order valence-corrected chi connectivity index (χ1v) is 9.44. The molecule has 2 aromatic rings. The highest BCUT2D eigenvalue weighted by molar-refractivity contribution is 5.92. The van der Waals surface area contributed by atoms with Crippen molar-refractivity contribution in [3.8, 4) is 5.75 Å². The lowest BCUT2D eigenvalue weighted by molar-refractivity contribution is -0.117. The van der Waals surface area contributed by atoms with Crippen LogP contribution in [0, 0.1) is 0 Å². The largest absolute Gasteiger partial charge is 0.496 e.